The van der Waals surface area contributed by atoms with Gasteiger partial charge in [0, 0.05) is 38.4 Å². The van der Waals surface area contributed by atoms with E-state index in [4.69, 9.17) is 10.2 Å². The second-order valence-corrected chi connectivity index (χ2v) is 6.24. The first kappa shape index (κ1) is 16.7. The molecule has 0 bridgehead atoms. The van der Waals surface area contributed by atoms with Gasteiger partial charge in [0.25, 0.3) is 5.91 Å². The molecule has 0 radical (unpaired) electrons. The highest BCUT2D eigenvalue weighted by Crippen LogP contribution is 2.16. The number of benzene rings is 1. The number of hydrogen-bond donors (Lipinski definition) is 2. The van der Waals surface area contributed by atoms with Gasteiger partial charge in [0.1, 0.15) is 12.0 Å². The molecule has 0 atom stereocenters. The van der Waals surface area contributed by atoms with E-state index < -0.39 is 0 Å². The Bertz CT molecular complexity index is 690. The molecule has 24 heavy (non-hydrogen) atoms. The van der Waals surface area contributed by atoms with Crippen LogP contribution in [0.2, 0.25) is 0 Å². The molecular formula is C18H24N4O2. The third-order valence-corrected chi connectivity index (χ3v) is 4.30. The molecule has 6 heteroatoms. The van der Waals surface area contributed by atoms with Gasteiger partial charge in [0.05, 0.1) is 12.1 Å². The number of likely N-dealkylation sites (N-methyl/N-ethyl adjacent to an activating group) is 1. The number of nitrogens with two attached hydrogens (primary N) is 1. The number of hydrogen-bond acceptors (Lipinski definition) is 5. The van der Waals surface area contributed by atoms with Crippen LogP contribution in [-0.4, -0.2) is 48.9 Å². The van der Waals surface area contributed by atoms with Crippen LogP contribution in [0, 0.1) is 0 Å². The molecule has 1 fully saturated rings. The van der Waals surface area contributed by atoms with Crippen LogP contribution in [0.15, 0.2) is 41.0 Å². The minimum Gasteiger partial charge on any atom is -0.467 e. The first-order chi connectivity index (χ1) is 11.6. The number of carbonyl (C=O) groups excluding carboxylic acids is 1. The minimum absolute atomic E-state index is 0.185. The molecule has 3 rings (SSSR count). The summed E-state index contributed by atoms with van der Waals surface area (Å²) < 4.78 is 5.21. The van der Waals surface area contributed by atoms with Crippen molar-refractivity contribution in [2.45, 2.75) is 13.1 Å². The van der Waals surface area contributed by atoms with Gasteiger partial charge in [0.2, 0.25) is 0 Å². The summed E-state index contributed by atoms with van der Waals surface area (Å²) in [4.78, 5) is 17.0. The Morgan fingerprint density at radius 2 is 2.04 bits per heavy atom. The lowest BCUT2D eigenvalue weighted by atomic mass is 10.1. The van der Waals surface area contributed by atoms with Crippen molar-refractivity contribution >= 4 is 11.6 Å². The number of amides is 1. The molecule has 0 aliphatic carbocycles. The number of rotatable bonds is 5. The lowest BCUT2D eigenvalue weighted by molar-refractivity contribution is 0.102. The van der Waals surface area contributed by atoms with E-state index in [0.29, 0.717) is 11.3 Å². The highest BCUT2D eigenvalue weighted by molar-refractivity contribution is 6.04. The van der Waals surface area contributed by atoms with Gasteiger partial charge < -0.3 is 20.4 Å². The molecule has 0 spiro atoms. The van der Waals surface area contributed by atoms with Crippen LogP contribution in [0.3, 0.4) is 0 Å². The normalized spacial score (nSPS) is 16.2. The molecule has 2 aromatic rings. The molecule has 1 aromatic carbocycles. The van der Waals surface area contributed by atoms with E-state index in [9.17, 15) is 4.79 Å². The molecule has 1 aliphatic rings. The van der Waals surface area contributed by atoms with E-state index in [2.05, 4.69) is 28.2 Å². The summed E-state index contributed by atoms with van der Waals surface area (Å²) in [5.41, 5.74) is 7.98. The summed E-state index contributed by atoms with van der Waals surface area (Å²) >= 11 is 0. The summed E-state index contributed by atoms with van der Waals surface area (Å²) in [5.74, 6) is 0.416. The lowest BCUT2D eigenvalue weighted by Crippen LogP contribution is -2.43. The predicted molar refractivity (Wildman–Crippen MR) is 93.8 cm³/mol. The Balaban J connectivity index is 1.61. The summed E-state index contributed by atoms with van der Waals surface area (Å²) in [5, 5.41) is 2.91. The number of piperazine rings is 1. The number of nitrogens with zero attached hydrogens (tertiary/aromatic N) is 2. The molecule has 0 unspecified atom stereocenters. The maximum atomic E-state index is 12.3. The maximum Gasteiger partial charge on any atom is 0.258 e. The number of nitrogens with one attached hydrogen (secondary N) is 1. The largest absolute Gasteiger partial charge is 0.467 e. The van der Waals surface area contributed by atoms with Gasteiger partial charge in [-0.3, -0.25) is 9.69 Å². The number of anilines is 1. The lowest BCUT2D eigenvalue weighted by Gasteiger charge is -2.32. The SMILES string of the molecule is CN1CCN(Cc2cccc(NC(=O)c3coc(CN)c3)c2)CC1. The Kier molecular flexibility index (Phi) is 5.30. The van der Waals surface area contributed by atoms with Crippen molar-refractivity contribution in [2.24, 2.45) is 5.73 Å². The zero-order chi connectivity index (χ0) is 16.9. The summed E-state index contributed by atoms with van der Waals surface area (Å²) in [6.07, 6.45) is 1.44. The van der Waals surface area contributed by atoms with Crippen molar-refractivity contribution < 1.29 is 9.21 Å². The van der Waals surface area contributed by atoms with Gasteiger partial charge in [-0.1, -0.05) is 12.1 Å². The molecule has 128 valence electrons. The van der Waals surface area contributed by atoms with Crippen LogP contribution < -0.4 is 11.1 Å². The van der Waals surface area contributed by atoms with Crippen molar-refractivity contribution in [3.05, 3.63) is 53.5 Å². The second-order valence-electron chi connectivity index (χ2n) is 6.24. The van der Waals surface area contributed by atoms with Crippen LogP contribution >= 0.6 is 0 Å². The Morgan fingerprint density at radius 1 is 1.25 bits per heavy atom. The van der Waals surface area contributed by atoms with Crippen molar-refractivity contribution in [2.75, 3.05) is 38.5 Å². The molecule has 0 saturated carbocycles. The fourth-order valence-electron chi connectivity index (χ4n) is 2.82. The van der Waals surface area contributed by atoms with Crippen LogP contribution in [0.4, 0.5) is 5.69 Å². The third-order valence-electron chi connectivity index (χ3n) is 4.30. The van der Waals surface area contributed by atoms with Crippen molar-refractivity contribution in [3.8, 4) is 0 Å². The van der Waals surface area contributed by atoms with Crippen LogP contribution in [0.1, 0.15) is 21.7 Å². The van der Waals surface area contributed by atoms with E-state index in [1.54, 1.807) is 6.07 Å². The highest BCUT2D eigenvalue weighted by Gasteiger charge is 2.14. The van der Waals surface area contributed by atoms with Crippen LogP contribution in [0.25, 0.3) is 0 Å². The molecular weight excluding hydrogens is 304 g/mol. The van der Waals surface area contributed by atoms with Crippen molar-refractivity contribution in [1.29, 1.82) is 0 Å². The summed E-state index contributed by atoms with van der Waals surface area (Å²) in [6, 6.07) is 9.67. The van der Waals surface area contributed by atoms with E-state index in [0.717, 1.165) is 38.4 Å². The van der Waals surface area contributed by atoms with Crippen molar-refractivity contribution in [1.82, 2.24) is 9.80 Å². The number of carbonyl (C=O) groups is 1. The summed E-state index contributed by atoms with van der Waals surface area (Å²) in [7, 11) is 2.15. The van der Waals surface area contributed by atoms with E-state index in [-0.39, 0.29) is 12.5 Å². The van der Waals surface area contributed by atoms with Gasteiger partial charge in [-0.25, -0.2) is 0 Å². The minimum atomic E-state index is -0.185. The molecule has 2 heterocycles. The van der Waals surface area contributed by atoms with E-state index in [1.807, 2.05) is 18.2 Å². The van der Waals surface area contributed by atoms with E-state index in [1.165, 1.54) is 11.8 Å². The van der Waals surface area contributed by atoms with E-state index >= 15 is 0 Å². The fraction of sp³-hybridized carbons (Fsp3) is 0.389. The van der Waals surface area contributed by atoms with Gasteiger partial charge >= 0.3 is 0 Å². The first-order valence-corrected chi connectivity index (χ1v) is 8.23. The second kappa shape index (κ2) is 7.61. The molecule has 6 nitrogen and oxygen atoms in total. The van der Waals surface area contributed by atoms with Crippen LogP contribution in [0.5, 0.6) is 0 Å². The zero-order valence-corrected chi connectivity index (χ0v) is 14.0. The monoisotopic (exact) mass is 328 g/mol. The molecule has 3 N–H and O–H groups in total. The van der Waals surface area contributed by atoms with Gasteiger partial charge in [-0.2, -0.15) is 0 Å². The van der Waals surface area contributed by atoms with Gasteiger partial charge in [-0.05, 0) is 30.8 Å². The predicted octanol–water partition coefficient (Wildman–Crippen LogP) is 1.74. The average Bonchev–Trinajstić information content (AvgIpc) is 3.07. The maximum absolute atomic E-state index is 12.3. The summed E-state index contributed by atoms with van der Waals surface area (Å²) in [6.45, 7) is 5.53. The Hall–Kier alpha value is -2.15. The average molecular weight is 328 g/mol. The highest BCUT2D eigenvalue weighted by atomic mass is 16.3. The van der Waals surface area contributed by atoms with Gasteiger partial charge in [-0.15, -0.1) is 0 Å². The van der Waals surface area contributed by atoms with Gasteiger partial charge in [0.15, 0.2) is 0 Å². The van der Waals surface area contributed by atoms with Crippen molar-refractivity contribution in [3.63, 3.8) is 0 Å². The quantitative estimate of drug-likeness (QED) is 0.874. The molecule has 1 amide bonds. The third kappa shape index (κ3) is 4.23. The standard InChI is InChI=1S/C18H24N4O2/c1-21-5-7-22(8-6-21)12-14-3-2-4-16(9-14)20-18(23)15-10-17(11-19)24-13-15/h2-4,9-10,13H,5-8,11-12,19H2,1H3,(H,20,23). The topological polar surface area (TPSA) is 74.7 Å². The molecule has 1 aromatic heterocycles. The first-order valence-electron chi connectivity index (χ1n) is 8.23. The Morgan fingerprint density at radius 3 is 2.75 bits per heavy atom. The Labute approximate surface area is 142 Å². The molecule has 1 saturated heterocycles. The van der Waals surface area contributed by atoms with Crippen LogP contribution in [-0.2, 0) is 13.1 Å². The molecule has 1 aliphatic heterocycles. The number of furan rings is 1. The smallest absolute Gasteiger partial charge is 0.258 e. The zero-order valence-electron chi connectivity index (χ0n) is 14.0. The fourth-order valence-corrected chi connectivity index (χ4v) is 2.82.